The molecule has 0 saturated carbocycles. The minimum atomic E-state index is 0. The summed E-state index contributed by atoms with van der Waals surface area (Å²) < 4.78 is 0. The van der Waals surface area contributed by atoms with Crippen molar-refractivity contribution < 1.29 is 58.9 Å². The number of aromatic amines is 1. The van der Waals surface area contributed by atoms with Gasteiger partial charge in [0.1, 0.15) is 0 Å². The summed E-state index contributed by atoms with van der Waals surface area (Å²) in [6, 6.07) is 18.1. The standard InChI is InChI=1S/C15H10N.3ClH.Ti/c1-2-6-11-10(5-1)9-13-12-7-3-4-8-14(12)16-15(11)13;;;;/h1-6,8,16H,9H2;3*1H;/q-1;;;;+4/p-3. The summed E-state index contributed by atoms with van der Waals surface area (Å²) in [5.74, 6) is 0. The number of hydrogen-bond donors (Lipinski definition) is 1. The number of fused-ring (bicyclic) bond motifs is 5. The van der Waals surface area contributed by atoms with Crippen LogP contribution in [-0.4, -0.2) is 4.98 Å². The fourth-order valence-corrected chi connectivity index (χ4v) is 2.64. The Balaban J connectivity index is 0.000000902. The van der Waals surface area contributed by atoms with Gasteiger partial charge in [-0.1, -0.05) is 29.8 Å². The van der Waals surface area contributed by atoms with E-state index in [1.54, 1.807) is 0 Å². The number of H-pyrrole nitrogens is 1. The first-order valence-corrected chi connectivity index (χ1v) is 5.53. The number of nitrogens with one attached hydrogen (secondary N) is 1. The molecule has 0 saturated heterocycles. The van der Waals surface area contributed by atoms with Crippen molar-refractivity contribution in [3.05, 3.63) is 59.7 Å². The zero-order valence-electron chi connectivity index (χ0n) is 10.4. The van der Waals surface area contributed by atoms with Gasteiger partial charge in [-0.25, -0.2) is 0 Å². The molecule has 0 amide bonds. The molecule has 1 aromatic heterocycles. The van der Waals surface area contributed by atoms with E-state index in [2.05, 4.69) is 41.4 Å². The first-order chi connectivity index (χ1) is 7.93. The third-order valence-electron chi connectivity index (χ3n) is 3.37. The van der Waals surface area contributed by atoms with Gasteiger partial charge in [0.15, 0.2) is 0 Å². The smallest absolute Gasteiger partial charge is 1.00 e. The SMILES string of the molecule is [Cl-].[Cl-].[Cl-].[Ti+4].[c-]1cccc2[nH]c3c(c12)Cc1ccccc1-3. The van der Waals surface area contributed by atoms with Crippen molar-refractivity contribution in [2.45, 2.75) is 6.42 Å². The second-order valence-corrected chi connectivity index (χ2v) is 4.27. The van der Waals surface area contributed by atoms with Gasteiger partial charge >= 0.3 is 21.7 Å². The van der Waals surface area contributed by atoms with Crippen LogP contribution in [0.1, 0.15) is 11.1 Å². The number of aromatic nitrogens is 1. The molecule has 20 heavy (non-hydrogen) atoms. The van der Waals surface area contributed by atoms with Crippen LogP contribution in [0.15, 0.2) is 42.5 Å². The number of halogens is 3. The van der Waals surface area contributed by atoms with E-state index < -0.39 is 0 Å². The van der Waals surface area contributed by atoms with E-state index in [-0.39, 0.29) is 58.9 Å². The maximum absolute atomic E-state index is 3.50. The molecule has 0 fully saturated rings. The number of rotatable bonds is 0. The Bertz CT molecular complexity index is 709. The fraction of sp³-hybridized carbons (Fsp3) is 0.0667. The van der Waals surface area contributed by atoms with Crippen LogP contribution in [0.25, 0.3) is 22.2 Å². The molecule has 5 heteroatoms. The van der Waals surface area contributed by atoms with Crippen molar-refractivity contribution in [2.75, 3.05) is 0 Å². The van der Waals surface area contributed by atoms with Gasteiger partial charge in [-0.2, -0.15) is 0 Å². The monoisotopic (exact) mass is 357 g/mol. The average Bonchev–Trinajstić information content (AvgIpc) is 2.85. The predicted octanol–water partition coefficient (Wildman–Crippen LogP) is -5.45. The van der Waals surface area contributed by atoms with Gasteiger partial charge in [0.2, 0.25) is 0 Å². The third kappa shape index (κ3) is 2.79. The van der Waals surface area contributed by atoms with Crippen molar-refractivity contribution >= 4 is 10.9 Å². The van der Waals surface area contributed by atoms with Gasteiger partial charge in [0, 0.05) is 0 Å². The minimum absolute atomic E-state index is 0. The van der Waals surface area contributed by atoms with Crippen LogP contribution in [0, 0.1) is 6.07 Å². The van der Waals surface area contributed by atoms with Crippen LogP contribution in [0.4, 0.5) is 0 Å². The molecule has 1 aliphatic carbocycles. The molecule has 4 rings (SSSR count). The van der Waals surface area contributed by atoms with Crippen LogP contribution < -0.4 is 37.2 Å². The molecule has 0 atom stereocenters. The Morgan fingerprint density at radius 3 is 2.50 bits per heavy atom. The summed E-state index contributed by atoms with van der Waals surface area (Å²) in [4.78, 5) is 3.50. The molecule has 3 aromatic rings. The van der Waals surface area contributed by atoms with Crippen molar-refractivity contribution in [1.82, 2.24) is 4.98 Å². The molecule has 1 heterocycles. The van der Waals surface area contributed by atoms with E-state index in [0.717, 1.165) is 6.42 Å². The molecule has 1 nitrogen and oxygen atoms in total. The zero-order chi connectivity index (χ0) is 10.5. The first-order valence-electron chi connectivity index (χ1n) is 5.53. The van der Waals surface area contributed by atoms with Gasteiger partial charge < -0.3 is 42.2 Å². The summed E-state index contributed by atoms with van der Waals surface area (Å²) in [5, 5.41) is 1.24. The van der Waals surface area contributed by atoms with Gasteiger partial charge in [-0.15, -0.1) is 29.7 Å². The maximum Gasteiger partial charge on any atom is 4.00 e. The van der Waals surface area contributed by atoms with E-state index in [4.69, 9.17) is 0 Å². The first kappa shape index (κ1) is 19.6. The normalized spacial score (nSPS) is 10.2. The van der Waals surface area contributed by atoms with Gasteiger partial charge in [-0.3, -0.25) is 0 Å². The third-order valence-corrected chi connectivity index (χ3v) is 3.37. The summed E-state index contributed by atoms with van der Waals surface area (Å²) in [5.41, 5.74) is 6.65. The second-order valence-electron chi connectivity index (χ2n) is 4.27. The second kappa shape index (κ2) is 7.54. The summed E-state index contributed by atoms with van der Waals surface area (Å²) in [6.45, 7) is 0. The quantitative estimate of drug-likeness (QED) is 0.239. The Morgan fingerprint density at radius 1 is 0.950 bits per heavy atom. The largest absolute Gasteiger partial charge is 4.00 e. The van der Waals surface area contributed by atoms with Crippen LogP contribution in [-0.2, 0) is 28.1 Å². The molecule has 1 aliphatic rings. The molecule has 0 bridgehead atoms. The summed E-state index contributed by atoms with van der Waals surface area (Å²) >= 11 is 0. The van der Waals surface area contributed by atoms with Crippen molar-refractivity contribution in [1.29, 1.82) is 0 Å². The summed E-state index contributed by atoms with van der Waals surface area (Å²) in [6.07, 6.45) is 1.03. The van der Waals surface area contributed by atoms with Crippen molar-refractivity contribution in [3.63, 3.8) is 0 Å². The van der Waals surface area contributed by atoms with Crippen LogP contribution in [0.5, 0.6) is 0 Å². The minimum Gasteiger partial charge on any atom is -1.00 e. The molecule has 2 aromatic carbocycles. The van der Waals surface area contributed by atoms with Crippen LogP contribution in [0.3, 0.4) is 0 Å². The van der Waals surface area contributed by atoms with E-state index in [0.29, 0.717) is 0 Å². The Labute approximate surface area is 151 Å². The molecular formula is C15H10Cl3NTi. The summed E-state index contributed by atoms with van der Waals surface area (Å²) in [7, 11) is 0. The van der Waals surface area contributed by atoms with Crippen LogP contribution in [0.2, 0.25) is 0 Å². The number of benzene rings is 2. The predicted molar refractivity (Wildman–Crippen MR) is 65.4 cm³/mol. The molecule has 0 aliphatic heterocycles. The molecular weight excluding hydrogens is 348 g/mol. The molecule has 0 spiro atoms. The maximum atomic E-state index is 3.50. The van der Waals surface area contributed by atoms with Crippen LogP contribution >= 0.6 is 0 Å². The average molecular weight is 358 g/mol. The molecule has 0 unspecified atom stereocenters. The van der Waals surface area contributed by atoms with E-state index in [1.165, 1.54) is 33.3 Å². The Hall–Kier alpha value is -0.436. The van der Waals surface area contributed by atoms with E-state index >= 15 is 0 Å². The Morgan fingerprint density at radius 2 is 1.70 bits per heavy atom. The Kier molecular flexibility index (Phi) is 7.37. The van der Waals surface area contributed by atoms with E-state index in [1.807, 2.05) is 12.1 Å². The van der Waals surface area contributed by atoms with Gasteiger partial charge in [0.25, 0.3) is 0 Å². The molecule has 1 N–H and O–H groups in total. The van der Waals surface area contributed by atoms with Gasteiger partial charge in [0.05, 0.1) is 0 Å². The van der Waals surface area contributed by atoms with Crippen molar-refractivity contribution in [2.24, 2.45) is 0 Å². The number of hydrogen-bond acceptors (Lipinski definition) is 0. The van der Waals surface area contributed by atoms with E-state index in [9.17, 15) is 0 Å². The van der Waals surface area contributed by atoms with Crippen molar-refractivity contribution in [3.8, 4) is 11.3 Å². The molecule has 0 radical (unpaired) electrons. The van der Waals surface area contributed by atoms with Gasteiger partial charge in [-0.05, 0) is 28.8 Å². The zero-order valence-corrected chi connectivity index (χ0v) is 14.2. The molecule has 100 valence electrons. The topological polar surface area (TPSA) is 15.8 Å². The fourth-order valence-electron chi connectivity index (χ4n) is 2.64.